The molecule has 1 atom stereocenters. The van der Waals surface area contributed by atoms with Crippen molar-refractivity contribution in [1.29, 1.82) is 0 Å². The molecule has 1 saturated heterocycles. The van der Waals surface area contributed by atoms with E-state index in [1.165, 1.54) is 6.92 Å². The molecule has 27 heavy (non-hydrogen) atoms. The molecule has 4 heterocycles. The van der Waals surface area contributed by atoms with Gasteiger partial charge in [-0.1, -0.05) is 0 Å². The topological polar surface area (TPSA) is 151 Å². The predicted molar refractivity (Wildman–Crippen MR) is 85.2 cm³/mol. The smallest absolute Gasteiger partial charge is 0.323 e. The van der Waals surface area contributed by atoms with Crippen LogP contribution in [-0.4, -0.2) is 73.6 Å². The molecule has 4 N–H and O–H groups in total. The first kappa shape index (κ1) is 18.0. The first-order valence-corrected chi connectivity index (χ1v) is 8.13. The van der Waals surface area contributed by atoms with E-state index in [9.17, 15) is 14.6 Å². The summed E-state index contributed by atoms with van der Waals surface area (Å²) >= 11 is 0. The van der Waals surface area contributed by atoms with Crippen molar-refractivity contribution in [3.8, 4) is 11.9 Å². The summed E-state index contributed by atoms with van der Waals surface area (Å²) in [5.41, 5.74) is -0.273. The maximum absolute atomic E-state index is 14.7. The molecule has 2 aromatic heterocycles. The molecule has 0 aromatic carbocycles. The summed E-state index contributed by atoms with van der Waals surface area (Å²) in [7, 11) is 0. The third-order valence-electron chi connectivity index (χ3n) is 4.37. The molecule has 4 rings (SSSR count). The number of halogens is 1. The van der Waals surface area contributed by atoms with Gasteiger partial charge in [0.05, 0.1) is 24.9 Å². The lowest BCUT2D eigenvalue weighted by Crippen LogP contribution is -2.56. The largest absolute Gasteiger partial charge is 0.475 e. The highest BCUT2D eigenvalue weighted by Crippen LogP contribution is 2.41. The van der Waals surface area contributed by atoms with Crippen LogP contribution in [0.1, 0.15) is 12.1 Å². The monoisotopic (exact) mass is 384 g/mol. The second kappa shape index (κ2) is 6.35. The van der Waals surface area contributed by atoms with Crippen LogP contribution < -0.4 is 14.4 Å². The van der Waals surface area contributed by atoms with E-state index in [4.69, 9.17) is 19.7 Å². The van der Waals surface area contributed by atoms with Crippen LogP contribution in [0, 0.1) is 12.7 Å². The third-order valence-corrected chi connectivity index (χ3v) is 4.37. The standard InChI is InChI=1S/C15H17FN4O7/c1-6-9(16)10-8-11(19-13(18-10)27-14(21)22)20-7(5-26-12(8)17-6)4-25-3-2-15(20,23)24/h7,14,21-24H,2-5H2,1H3. The number of hydrogen-bond acceptors (Lipinski definition) is 11. The van der Waals surface area contributed by atoms with Gasteiger partial charge < -0.3 is 34.6 Å². The Balaban J connectivity index is 2.03. The molecule has 0 radical (unpaired) electrons. The lowest BCUT2D eigenvalue weighted by atomic mass is 10.1. The lowest BCUT2D eigenvalue weighted by Gasteiger charge is -2.37. The van der Waals surface area contributed by atoms with Gasteiger partial charge in [0.25, 0.3) is 5.91 Å². The van der Waals surface area contributed by atoms with Gasteiger partial charge in [0, 0.05) is 6.42 Å². The third kappa shape index (κ3) is 3.00. The van der Waals surface area contributed by atoms with Crippen LogP contribution in [0.4, 0.5) is 10.2 Å². The van der Waals surface area contributed by atoms with E-state index in [2.05, 4.69) is 19.7 Å². The second-order valence-electron chi connectivity index (χ2n) is 6.25. The highest BCUT2D eigenvalue weighted by Gasteiger charge is 2.44. The zero-order chi connectivity index (χ0) is 19.3. The molecule has 0 bridgehead atoms. The molecule has 0 aliphatic carbocycles. The molecule has 146 valence electrons. The molecular formula is C15H17FN4O7. The van der Waals surface area contributed by atoms with Crippen molar-refractivity contribution < 1.29 is 39.0 Å². The van der Waals surface area contributed by atoms with Gasteiger partial charge >= 0.3 is 12.5 Å². The molecular weight excluding hydrogens is 367 g/mol. The zero-order valence-electron chi connectivity index (χ0n) is 14.2. The van der Waals surface area contributed by atoms with Crippen molar-refractivity contribution in [2.75, 3.05) is 24.7 Å². The van der Waals surface area contributed by atoms with Gasteiger partial charge in [-0.05, 0) is 6.92 Å². The average molecular weight is 384 g/mol. The predicted octanol–water partition coefficient (Wildman–Crippen LogP) is -1.25. The number of pyridine rings is 1. The Hall–Kier alpha value is -2.38. The van der Waals surface area contributed by atoms with Crippen LogP contribution in [-0.2, 0) is 4.74 Å². The molecule has 0 spiro atoms. The maximum atomic E-state index is 14.7. The summed E-state index contributed by atoms with van der Waals surface area (Å²) in [6, 6.07) is -1.25. The van der Waals surface area contributed by atoms with E-state index in [1.54, 1.807) is 0 Å². The number of ether oxygens (including phenoxy) is 3. The average Bonchev–Trinajstić information content (AvgIpc) is 2.83. The summed E-state index contributed by atoms with van der Waals surface area (Å²) in [5, 5.41) is 39.3. The van der Waals surface area contributed by atoms with Crippen molar-refractivity contribution in [2.24, 2.45) is 0 Å². The zero-order valence-corrected chi connectivity index (χ0v) is 14.2. The minimum Gasteiger partial charge on any atom is -0.475 e. The normalized spacial score (nSPS) is 21.4. The summed E-state index contributed by atoms with van der Waals surface area (Å²) < 4.78 is 30.4. The van der Waals surface area contributed by atoms with Crippen molar-refractivity contribution in [2.45, 2.75) is 31.8 Å². The molecule has 1 fully saturated rings. The maximum Gasteiger partial charge on any atom is 0.323 e. The van der Waals surface area contributed by atoms with Gasteiger partial charge in [-0.25, -0.2) is 9.37 Å². The van der Waals surface area contributed by atoms with Gasteiger partial charge in [0.15, 0.2) is 11.6 Å². The molecule has 1 unspecified atom stereocenters. The minimum absolute atomic E-state index is 0.00903. The molecule has 2 aliphatic heterocycles. The first-order valence-electron chi connectivity index (χ1n) is 8.13. The van der Waals surface area contributed by atoms with Gasteiger partial charge in [-0.15, -0.1) is 0 Å². The fraction of sp³-hybridized carbons (Fsp3) is 0.533. The van der Waals surface area contributed by atoms with Crippen LogP contribution in [0.5, 0.6) is 11.9 Å². The molecule has 11 nitrogen and oxygen atoms in total. The van der Waals surface area contributed by atoms with E-state index in [0.29, 0.717) is 0 Å². The molecule has 2 aromatic rings. The highest BCUT2D eigenvalue weighted by atomic mass is 19.1. The summed E-state index contributed by atoms with van der Waals surface area (Å²) in [6.45, 7) is -0.723. The fourth-order valence-electron chi connectivity index (χ4n) is 3.20. The number of rotatable bonds is 2. The Morgan fingerprint density at radius 3 is 2.78 bits per heavy atom. The Labute approximate surface area is 151 Å². The Morgan fingerprint density at radius 2 is 2.04 bits per heavy atom. The van der Waals surface area contributed by atoms with Crippen molar-refractivity contribution >= 4 is 16.7 Å². The van der Waals surface area contributed by atoms with E-state index >= 15 is 0 Å². The molecule has 2 aliphatic rings. The van der Waals surface area contributed by atoms with Crippen molar-refractivity contribution in [3.05, 3.63) is 11.5 Å². The van der Waals surface area contributed by atoms with E-state index in [1.807, 2.05) is 0 Å². The van der Waals surface area contributed by atoms with Crippen LogP contribution in [0.2, 0.25) is 0 Å². The van der Waals surface area contributed by atoms with Gasteiger partial charge in [-0.3, -0.25) is 4.90 Å². The van der Waals surface area contributed by atoms with Crippen LogP contribution in [0.15, 0.2) is 0 Å². The quantitative estimate of drug-likeness (QED) is 0.460. The number of aliphatic hydroxyl groups excluding tert-OH is 1. The van der Waals surface area contributed by atoms with Crippen LogP contribution in [0.25, 0.3) is 10.9 Å². The first-order chi connectivity index (χ1) is 12.8. The van der Waals surface area contributed by atoms with E-state index in [0.717, 1.165) is 4.90 Å². The van der Waals surface area contributed by atoms with Crippen molar-refractivity contribution in [1.82, 2.24) is 15.0 Å². The Kier molecular flexibility index (Phi) is 4.24. The summed E-state index contributed by atoms with van der Waals surface area (Å²) in [5.74, 6) is -3.30. The van der Waals surface area contributed by atoms with Gasteiger partial charge in [0.2, 0.25) is 5.88 Å². The number of nitrogens with zero attached hydrogens (tertiary/aromatic N) is 4. The Morgan fingerprint density at radius 1 is 1.26 bits per heavy atom. The van der Waals surface area contributed by atoms with Crippen LogP contribution >= 0.6 is 0 Å². The minimum atomic E-state index is -2.39. The van der Waals surface area contributed by atoms with Gasteiger partial charge in [-0.2, -0.15) is 9.97 Å². The molecule has 0 amide bonds. The highest BCUT2D eigenvalue weighted by molar-refractivity contribution is 5.95. The fourth-order valence-corrected chi connectivity index (χ4v) is 3.20. The van der Waals surface area contributed by atoms with E-state index in [-0.39, 0.29) is 54.5 Å². The SMILES string of the molecule is Cc1nc2c3c(nc(OC(O)O)nc3c1F)N1C(COCCC1(O)O)CO2. The van der Waals surface area contributed by atoms with Crippen molar-refractivity contribution in [3.63, 3.8) is 0 Å². The number of anilines is 1. The number of aromatic nitrogens is 3. The second-order valence-corrected chi connectivity index (χ2v) is 6.25. The van der Waals surface area contributed by atoms with Gasteiger partial charge in [0.1, 0.15) is 17.5 Å². The molecule has 12 heteroatoms. The summed E-state index contributed by atoms with van der Waals surface area (Å²) in [6.07, 6.45) is -0.176. The van der Waals surface area contributed by atoms with Crippen LogP contribution in [0.3, 0.4) is 0 Å². The molecule has 0 saturated carbocycles. The lowest BCUT2D eigenvalue weighted by molar-refractivity contribution is -0.183. The number of aliphatic hydroxyl groups is 4. The Bertz CT molecular complexity index is 894. The number of aryl methyl sites for hydroxylation is 1. The summed E-state index contributed by atoms with van der Waals surface area (Å²) in [4.78, 5) is 13.1. The number of fused-ring (bicyclic) bond motifs is 2. The number of hydrogen-bond donors (Lipinski definition) is 4. The van der Waals surface area contributed by atoms with E-state index < -0.39 is 30.3 Å².